The number of nitrogens with zero attached hydrogens (tertiary/aromatic N) is 1. The predicted molar refractivity (Wildman–Crippen MR) is 91.3 cm³/mol. The van der Waals surface area contributed by atoms with E-state index in [9.17, 15) is 13.2 Å². The van der Waals surface area contributed by atoms with Gasteiger partial charge in [-0.15, -0.1) is 0 Å². The molecule has 5 nitrogen and oxygen atoms in total. The van der Waals surface area contributed by atoms with Crippen LogP contribution in [-0.2, 0) is 27.0 Å². The molecule has 0 radical (unpaired) electrons. The van der Waals surface area contributed by atoms with Gasteiger partial charge in [-0.2, -0.15) is 0 Å². The summed E-state index contributed by atoms with van der Waals surface area (Å²) in [5.74, 6) is -0.164. The van der Waals surface area contributed by atoms with Gasteiger partial charge in [0.05, 0.1) is 12.2 Å². The molecule has 1 N–H and O–H groups in total. The van der Waals surface area contributed by atoms with E-state index >= 15 is 0 Å². The first kappa shape index (κ1) is 15.8. The first-order valence-corrected chi connectivity index (χ1v) is 9.01. The fourth-order valence-electron chi connectivity index (χ4n) is 2.60. The highest BCUT2D eigenvalue weighted by Crippen LogP contribution is 2.30. The average molecular weight is 351 g/mol. The number of sulfonamides is 1. The molecule has 0 unspecified atom stereocenters. The maximum atomic E-state index is 12.3. The van der Waals surface area contributed by atoms with Gasteiger partial charge in [0.15, 0.2) is 0 Å². The molecule has 0 aromatic heterocycles. The maximum Gasteiger partial charge on any atom is 0.236 e. The summed E-state index contributed by atoms with van der Waals surface area (Å²) in [5.41, 5.74) is 2.70. The van der Waals surface area contributed by atoms with Crippen molar-refractivity contribution in [3.63, 3.8) is 0 Å². The van der Waals surface area contributed by atoms with E-state index in [-0.39, 0.29) is 18.1 Å². The molecule has 1 aliphatic heterocycles. The number of hydrogen-bond donors (Lipinski definition) is 1. The van der Waals surface area contributed by atoms with E-state index < -0.39 is 10.0 Å². The molecule has 1 heterocycles. The van der Waals surface area contributed by atoms with Crippen molar-refractivity contribution in [3.05, 3.63) is 58.6 Å². The molecular weight excluding hydrogens is 336 g/mol. The van der Waals surface area contributed by atoms with Crippen molar-refractivity contribution >= 4 is 38.9 Å². The van der Waals surface area contributed by atoms with Crippen LogP contribution < -0.4 is 9.62 Å². The third-order valence-corrected chi connectivity index (χ3v) is 5.17. The Morgan fingerprint density at radius 1 is 1.22 bits per heavy atom. The summed E-state index contributed by atoms with van der Waals surface area (Å²) in [6.07, 6.45) is 0.287. The highest BCUT2D eigenvalue weighted by molar-refractivity contribution is 7.91. The number of carbonyl (C=O) groups excluding carboxylic acids is 1. The first-order chi connectivity index (χ1) is 10.8. The molecule has 23 heavy (non-hydrogen) atoms. The summed E-state index contributed by atoms with van der Waals surface area (Å²) >= 11 is 5.87. The Morgan fingerprint density at radius 3 is 2.74 bits per heavy atom. The molecule has 1 amide bonds. The van der Waals surface area contributed by atoms with Crippen molar-refractivity contribution < 1.29 is 13.2 Å². The molecule has 0 fully saturated rings. The summed E-state index contributed by atoms with van der Waals surface area (Å²) in [4.78, 5) is 13.2. The third kappa shape index (κ3) is 3.48. The standard InChI is InChI=1S/C16H15ClN2O3S/c1-19-15-6-5-14(8-12(15)9-16(19)20)18-23(21,22)10-11-3-2-4-13(17)7-11/h2-8,18H,9-10H2,1H3. The van der Waals surface area contributed by atoms with Gasteiger partial charge in [0.25, 0.3) is 0 Å². The number of carbonyl (C=O) groups is 1. The minimum Gasteiger partial charge on any atom is -0.315 e. The number of benzene rings is 2. The monoisotopic (exact) mass is 350 g/mol. The Balaban J connectivity index is 1.79. The molecule has 120 valence electrons. The van der Waals surface area contributed by atoms with Crippen LogP contribution in [0.5, 0.6) is 0 Å². The van der Waals surface area contributed by atoms with Crippen molar-refractivity contribution in [3.8, 4) is 0 Å². The number of nitrogens with one attached hydrogen (secondary N) is 1. The van der Waals surface area contributed by atoms with Gasteiger partial charge in [0, 0.05) is 23.4 Å². The van der Waals surface area contributed by atoms with Gasteiger partial charge in [0.2, 0.25) is 15.9 Å². The topological polar surface area (TPSA) is 66.5 Å². The van der Waals surface area contributed by atoms with Crippen molar-refractivity contribution in [2.24, 2.45) is 0 Å². The van der Waals surface area contributed by atoms with Crippen LogP contribution >= 0.6 is 11.6 Å². The fraction of sp³-hybridized carbons (Fsp3) is 0.188. The number of likely N-dealkylation sites (N-methyl/N-ethyl adjacent to an activating group) is 1. The Hall–Kier alpha value is -2.05. The Labute approximate surface area is 139 Å². The molecule has 1 aliphatic rings. The molecule has 2 aromatic carbocycles. The van der Waals surface area contributed by atoms with Gasteiger partial charge in [-0.3, -0.25) is 9.52 Å². The smallest absolute Gasteiger partial charge is 0.236 e. The normalized spacial score (nSPS) is 14.0. The second-order valence-corrected chi connectivity index (χ2v) is 7.62. The molecule has 0 bridgehead atoms. The average Bonchev–Trinajstić information content (AvgIpc) is 2.72. The molecule has 0 aliphatic carbocycles. The lowest BCUT2D eigenvalue weighted by Crippen LogP contribution is -2.20. The second-order valence-electron chi connectivity index (χ2n) is 5.46. The van der Waals surface area contributed by atoms with Gasteiger partial charge in [-0.25, -0.2) is 8.42 Å². The molecular formula is C16H15ClN2O3S. The number of halogens is 1. The quantitative estimate of drug-likeness (QED) is 0.922. The van der Waals surface area contributed by atoms with Gasteiger partial charge in [-0.05, 0) is 41.5 Å². The van der Waals surface area contributed by atoms with Crippen LogP contribution in [0.3, 0.4) is 0 Å². The van der Waals surface area contributed by atoms with Crippen LogP contribution in [0, 0.1) is 0 Å². The Morgan fingerprint density at radius 2 is 2.00 bits per heavy atom. The number of rotatable bonds is 4. The van der Waals surface area contributed by atoms with E-state index in [4.69, 9.17) is 11.6 Å². The zero-order valence-electron chi connectivity index (χ0n) is 12.4. The van der Waals surface area contributed by atoms with Crippen LogP contribution in [0.15, 0.2) is 42.5 Å². The second kappa shape index (κ2) is 5.86. The summed E-state index contributed by atoms with van der Waals surface area (Å²) in [6.45, 7) is 0. The lowest BCUT2D eigenvalue weighted by molar-refractivity contribution is -0.117. The summed E-state index contributed by atoms with van der Waals surface area (Å²) < 4.78 is 27.1. The zero-order chi connectivity index (χ0) is 16.6. The van der Waals surface area contributed by atoms with E-state index in [2.05, 4.69) is 4.72 Å². The molecule has 2 aromatic rings. The lowest BCUT2D eigenvalue weighted by atomic mass is 10.1. The summed E-state index contributed by atoms with van der Waals surface area (Å²) in [5, 5.41) is 0.497. The molecule has 0 atom stereocenters. The number of amides is 1. The maximum absolute atomic E-state index is 12.3. The Kier molecular flexibility index (Phi) is 4.04. The van der Waals surface area contributed by atoms with Gasteiger partial charge in [-0.1, -0.05) is 23.7 Å². The van der Waals surface area contributed by atoms with E-state index in [0.29, 0.717) is 16.3 Å². The third-order valence-electron chi connectivity index (χ3n) is 3.68. The summed E-state index contributed by atoms with van der Waals surface area (Å²) in [7, 11) is -1.85. The van der Waals surface area contributed by atoms with E-state index in [0.717, 1.165) is 11.3 Å². The van der Waals surface area contributed by atoms with Crippen LogP contribution in [0.25, 0.3) is 0 Å². The SMILES string of the molecule is CN1C(=O)Cc2cc(NS(=O)(=O)Cc3cccc(Cl)c3)ccc21. The van der Waals surface area contributed by atoms with E-state index in [1.807, 2.05) is 0 Å². The number of anilines is 2. The van der Waals surface area contributed by atoms with Crippen molar-refractivity contribution in [1.82, 2.24) is 0 Å². The minimum atomic E-state index is -3.56. The van der Waals surface area contributed by atoms with Gasteiger partial charge in [0.1, 0.15) is 0 Å². The molecule has 0 saturated carbocycles. The van der Waals surface area contributed by atoms with Crippen LogP contribution in [0.2, 0.25) is 5.02 Å². The number of fused-ring (bicyclic) bond motifs is 1. The van der Waals surface area contributed by atoms with Crippen LogP contribution in [0.1, 0.15) is 11.1 Å². The predicted octanol–water partition coefficient (Wildman–Crippen LogP) is 2.80. The highest BCUT2D eigenvalue weighted by atomic mass is 35.5. The molecule has 0 saturated heterocycles. The first-order valence-electron chi connectivity index (χ1n) is 6.98. The summed E-state index contributed by atoms with van der Waals surface area (Å²) in [6, 6.07) is 11.8. The molecule has 7 heteroatoms. The van der Waals surface area contributed by atoms with Crippen molar-refractivity contribution in [2.75, 3.05) is 16.7 Å². The lowest BCUT2D eigenvalue weighted by Gasteiger charge is -2.12. The zero-order valence-corrected chi connectivity index (χ0v) is 14.0. The van der Waals surface area contributed by atoms with Crippen molar-refractivity contribution in [1.29, 1.82) is 0 Å². The fourth-order valence-corrected chi connectivity index (χ4v) is 3.98. The van der Waals surface area contributed by atoms with E-state index in [1.54, 1.807) is 54.4 Å². The van der Waals surface area contributed by atoms with E-state index in [1.165, 1.54) is 0 Å². The van der Waals surface area contributed by atoms with Gasteiger partial charge < -0.3 is 4.90 Å². The molecule has 0 spiro atoms. The molecule has 3 rings (SSSR count). The number of hydrogen-bond acceptors (Lipinski definition) is 3. The van der Waals surface area contributed by atoms with Crippen molar-refractivity contribution in [2.45, 2.75) is 12.2 Å². The van der Waals surface area contributed by atoms with Gasteiger partial charge >= 0.3 is 0 Å². The highest BCUT2D eigenvalue weighted by Gasteiger charge is 2.24. The largest absolute Gasteiger partial charge is 0.315 e. The van der Waals surface area contributed by atoms with Crippen LogP contribution in [-0.4, -0.2) is 21.4 Å². The van der Waals surface area contributed by atoms with Crippen LogP contribution in [0.4, 0.5) is 11.4 Å². The minimum absolute atomic E-state index is 0.000987. The Bertz CT molecular complexity index is 881.